The standard InChI is InChI=1S/C26H21F2NO5/c1-14-7-4-5-8-16(14)23-22(24(30)21-19(33-2)9-6-10-20(21)34-3)25(31)26(32)29(23)15-11-12-17(27)18(28)13-15/h4-13,23,30H,1-3H3/b24-22+. The highest BCUT2D eigenvalue weighted by Crippen LogP contribution is 2.45. The summed E-state index contributed by atoms with van der Waals surface area (Å²) in [6.45, 7) is 1.78. The number of hydrogen-bond donors (Lipinski definition) is 1. The highest BCUT2D eigenvalue weighted by molar-refractivity contribution is 6.51. The Morgan fingerprint density at radius 2 is 1.56 bits per heavy atom. The average Bonchev–Trinajstić information content (AvgIpc) is 3.10. The maximum absolute atomic E-state index is 14.1. The molecular weight excluding hydrogens is 444 g/mol. The molecule has 4 rings (SSSR count). The Morgan fingerprint density at radius 1 is 0.912 bits per heavy atom. The fourth-order valence-corrected chi connectivity index (χ4v) is 4.14. The molecular formula is C26H21F2NO5. The number of hydrogen-bond acceptors (Lipinski definition) is 5. The van der Waals surface area contributed by atoms with Crippen molar-refractivity contribution in [3.8, 4) is 11.5 Å². The van der Waals surface area contributed by atoms with E-state index in [2.05, 4.69) is 0 Å². The first kappa shape index (κ1) is 23.0. The van der Waals surface area contributed by atoms with Crippen molar-refractivity contribution in [1.82, 2.24) is 0 Å². The zero-order chi connectivity index (χ0) is 24.6. The molecule has 0 bridgehead atoms. The maximum atomic E-state index is 14.1. The summed E-state index contributed by atoms with van der Waals surface area (Å²) in [4.78, 5) is 27.6. The molecule has 1 N–H and O–H groups in total. The Hall–Kier alpha value is -4.20. The van der Waals surface area contributed by atoms with Crippen molar-refractivity contribution >= 4 is 23.1 Å². The summed E-state index contributed by atoms with van der Waals surface area (Å²) in [5, 5.41) is 11.4. The van der Waals surface area contributed by atoms with E-state index in [1.807, 2.05) is 0 Å². The van der Waals surface area contributed by atoms with Crippen molar-refractivity contribution in [3.05, 3.63) is 94.6 Å². The number of methoxy groups -OCH3 is 2. The van der Waals surface area contributed by atoms with Gasteiger partial charge in [-0.2, -0.15) is 0 Å². The lowest BCUT2D eigenvalue weighted by Gasteiger charge is -2.27. The molecule has 1 aliphatic heterocycles. The van der Waals surface area contributed by atoms with Crippen molar-refractivity contribution in [2.24, 2.45) is 0 Å². The highest BCUT2D eigenvalue weighted by atomic mass is 19.2. The minimum atomic E-state index is -1.17. The number of carbonyl (C=O) groups excluding carboxylic acids is 2. The summed E-state index contributed by atoms with van der Waals surface area (Å²) in [5.74, 6) is -4.30. The molecule has 0 aliphatic carbocycles. The fraction of sp³-hybridized carbons (Fsp3) is 0.154. The van der Waals surface area contributed by atoms with Crippen LogP contribution in [0.15, 0.2) is 66.2 Å². The van der Waals surface area contributed by atoms with Crippen molar-refractivity contribution in [1.29, 1.82) is 0 Å². The van der Waals surface area contributed by atoms with Crippen LogP contribution >= 0.6 is 0 Å². The van der Waals surface area contributed by atoms with Crippen LogP contribution in [0.5, 0.6) is 11.5 Å². The summed E-state index contributed by atoms with van der Waals surface area (Å²) in [5.41, 5.74) is 1.09. The van der Waals surface area contributed by atoms with Gasteiger partial charge >= 0.3 is 0 Å². The smallest absolute Gasteiger partial charge is 0.300 e. The first-order chi connectivity index (χ1) is 16.3. The Labute approximate surface area is 194 Å². The molecule has 3 aromatic carbocycles. The quantitative estimate of drug-likeness (QED) is 0.329. The van der Waals surface area contributed by atoms with Crippen LogP contribution in [0.1, 0.15) is 22.7 Å². The predicted molar refractivity (Wildman–Crippen MR) is 122 cm³/mol. The van der Waals surface area contributed by atoms with Crippen LogP contribution in [0, 0.1) is 18.6 Å². The van der Waals surface area contributed by atoms with Crippen LogP contribution in [0.3, 0.4) is 0 Å². The van der Waals surface area contributed by atoms with E-state index in [0.29, 0.717) is 5.56 Å². The van der Waals surface area contributed by atoms with Crippen LogP contribution in [-0.2, 0) is 9.59 Å². The van der Waals surface area contributed by atoms with Gasteiger partial charge in [0.25, 0.3) is 11.7 Å². The van der Waals surface area contributed by atoms with E-state index in [1.54, 1.807) is 49.4 Å². The van der Waals surface area contributed by atoms with Gasteiger partial charge in [-0.3, -0.25) is 14.5 Å². The summed E-state index contributed by atoms with van der Waals surface area (Å²) in [7, 11) is 2.79. The summed E-state index contributed by atoms with van der Waals surface area (Å²) in [6, 6.07) is 13.6. The lowest BCUT2D eigenvalue weighted by atomic mass is 9.92. The third-order valence-corrected chi connectivity index (χ3v) is 5.77. The van der Waals surface area contributed by atoms with Crippen LogP contribution in [-0.4, -0.2) is 31.0 Å². The molecule has 8 heteroatoms. The number of halogens is 2. The molecule has 1 heterocycles. The summed E-state index contributed by atoms with van der Waals surface area (Å²) < 4.78 is 38.4. The Morgan fingerprint density at radius 3 is 2.15 bits per heavy atom. The van der Waals surface area contributed by atoms with Gasteiger partial charge in [-0.05, 0) is 42.3 Å². The Bertz CT molecular complexity index is 1310. The first-order valence-corrected chi connectivity index (χ1v) is 10.3. The molecule has 174 valence electrons. The van der Waals surface area contributed by atoms with Crippen molar-refractivity contribution < 1.29 is 33.0 Å². The third-order valence-electron chi connectivity index (χ3n) is 5.77. The second-order valence-corrected chi connectivity index (χ2v) is 7.66. The van der Waals surface area contributed by atoms with Gasteiger partial charge in [-0.25, -0.2) is 8.78 Å². The molecule has 1 unspecified atom stereocenters. The number of anilines is 1. The van der Waals surface area contributed by atoms with Gasteiger partial charge in [0.05, 0.1) is 25.8 Å². The zero-order valence-corrected chi connectivity index (χ0v) is 18.6. The Kier molecular flexibility index (Phi) is 6.06. The molecule has 1 fully saturated rings. The summed E-state index contributed by atoms with van der Waals surface area (Å²) in [6.07, 6.45) is 0. The number of Topliss-reactive ketones (excluding diaryl/α,β-unsaturated/α-hetero) is 1. The van der Waals surface area contributed by atoms with Crippen LogP contribution < -0.4 is 14.4 Å². The van der Waals surface area contributed by atoms with Gasteiger partial charge in [0, 0.05) is 11.8 Å². The maximum Gasteiger partial charge on any atom is 0.300 e. The molecule has 1 atom stereocenters. The number of rotatable bonds is 5. The lowest BCUT2D eigenvalue weighted by Crippen LogP contribution is -2.30. The Balaban J connectivity index is 2.04. The minimum Gasteiger partial charge on any atom is -0.506 e. The number of nitrogens with zero attached hydrogens (tertiary/aromatic N) is 1. The number of carbonyl (C=O) groups is 2. The minimum absolute atomic E-state index is 0.0275. The van der Waals surface area contributed by atoms with Gasteiger partial charge in [0.2, 0.25) is 0 Å². The fourth-order valence-electron chi connectivity index (χ4n) is 4.14. The zero-order valence-electron chi connectivity index (χ0n) is 18.6. The number of ether oxygens (including phenoxy) is 2. The number of aryl methyl sites for hydroxylation is 1. The number of benzene rings is 3. The van der Waals surface area contributed by atoms with Crippen LogP contribution in [0.2, 0.25) is 0 Å². The topological polar surface area (TPSA) is 76.1 Å². The molecule has 1 aliphatic rings. The molecule has 0 spiro atoms. The molecule has 0 saturated carbocycles. The molecule has 6 nitrogen and oxygen atoms in total. The van der Waals surface area contributed by atoms with Gasteiger partial charge in [-0.15, -0.1) is 0 Å². The van der Waals surface area contributed by atoms with E-state index in [1.165, 1.54) is 20.3 Å². The lowest BCUT2D eigenvalue weighted by molar-refractivity contribution is -0.132. The van der Waals surface area contributed by atoms with Crippen molar-refractivity contribution in [2.75, 3.05) is 19.1 Å². The molecule has 3 aromatic rings. The average molecular weight is 465 g/mol. The molecule has 0 aromatic heterocycles. The first-order valence-electron chi connectivity index (χ1n) is 10.3. The molecule has 34 heavy (non-hydrogen) atoms. The molecule has 1 saturated heterocycles. The number of aliphatic hydroxyl groups excluding tert-OH is 1. The van der Waals surface area contributed by atoms with Crippen molar-refractivity contribution in [2.45, 2.75) is 13.0 Å². The van der Waals surface area contributed by atoms with Crippen molar-refractivity contribution in [3.63, 3.8) is 0 Å². The number of ketones is 1. The van der Waals surface area contributed by atoms with E-state index in [9.17, 15) is 23.5 Å². The van der Waals surface area contributed by atoms with E-state index in [4.69, 9.17) is 9.47 Å². The van der Waals surface area contributed by atoms with Gasteiger partial charge < -0.3 is 14.6 Å². The van der Waals surface area contributed by atoms with Gasteiger partial charge in [0.15, 0.2) is 11.6 Å². The van der Waals surface area contributed by atoms with Crippen LogP contribution in [0.25, 0.3) is 5.76 Å². The second-order valence-electron chi connectivity index (χ2n) is 7.66. The van der Waals surface area contributed by atoms with Crippen LogP contribution in [0.4, 0.5) is 14.5 Å². The number of aliphatic hydroxyl groups is 1. The third kappa shape index (κ3) is 3.67. The number of amides is 1. The second kappa shape index (κ2) is 8.97. The monoisotopic (exact) mass is 465 g/mol. The molecule has 1 amide bonds. The van der Waals surface area contributed by atoms with E-state index in [-0.39, 0.29) is 28.3 Å². The van der Waals surface area contributed by atoms with Gasteiger partial charge in [-0.1, -0.05) is 30.3 Å². The normalized spacial score (nSPS) is 17.2. The van der Waals surface area contributed by atoms with E-state index < -0.39 is 35.1 Å². The largest absolute Gasteiger partial charge is 0.506 e. The predicted octanol–water partition coefficient (Wildman–Crippen LogP) is 4.92. The van der Waals surface area contributed by atoms with E-state index >= 15 is 0 Å². The highest BCUT2D eigenvalue weighted by Gasteiger charge is 2.48. The van der Waals surface area contributed by atoms with Gasteiger partial charge in [0.1, 0.15) is 22.8 Å². The van der Waals surface area contributed by atoms with E-state index in [0.717, 1.165) is 22.6 Å². The molecule has 0 radical (unpaired) electrons. The SMILES string of the molecule is COc1cccc(OC)c1/C(O)=C1\C(=O)C(=O)N(c2ccc(F)c(F)c2)C1c1ccccc1C. The summed E-state index contributed by atoms with van der Waals surface area (Å²) >= 11 is 0.